The van der Waals surface area contributed by atoms with Gasteiger partial charge in [0.05, 0.1) is 13.2 Å². The van der Waals surface area contributed by atoms with Gasteiger partial charge in [-0.05, 0) is 80.1 Å². The van der Waals surface area contributed by atoms with Crippen molar-refractivity contribution < 1.29 is 9.53 Å². The molecule has 0 bridgehead atoms. The van der Waals surface area contributed by atoms with Crippen molar-refractivity contribution in [1.29, 1.82) is 0 Å². The zero-order chi connectivity index (χ0) is 23.2. The Morgan fingerprint density at radius 1 is 1.24 bits per heavy atom. The molecule has 2 N–H and O–H groups in total. The Kier molecular flexibility index (Phi) is 7.80. The van der Waals surface area contributed by atoms with Gasteiger partial charge in [-0.15, -0.1) is 0 Å². The number of likely N-dealkylation sites (tertiary alicyclic amines) is 1. The Balaban J connectivity index is 1.40. The number of amides is 1. The molecule has 9 heteroatoms. The van der Waals surface area contributed by atoms with Crippen LogP contribution in [0.15, 0.2) is 48.5 Å². The Morgan fingerprint density at radius 3 is 2.70 bits per heavy atom. The van der Waals surface area contributed by atoms with Crippen LogP contribution in [-0.2, 0) is 11.3 Å². The summed E-state index contributed by atoms with van der Waals surface area (Å²) in [5, 5.41) is 11.0. The molecule has 33 heavy (non-hydrogen) atoms. The van der Waals surface area contributed by atoms with E-state index >= 15 is 0 Å². The van der Waals surface area contributed by atoms with Crippen molar-refractivity contribution in [2.75, 3.05) is 26.7 Å². The third-order valence-corrected chi connectivity index (χ3v) is 6.52. The molecule has 0 aliphatic carbocycles. The number of benzene rings is 2. The maximum Gasteiger partial charge on any atom is 0.221 e. The van der Waals surface area contributed by atoms with Gasteiger partial charge in [0.25, 0.3) is 0 Å². The molecule has 1 atom stereocenters. The standard InChI is InChI=1S/C24H28ClN5O2S/c1-32-20-9-7-17(8-10-20)23-27-28-24(33)30(23)14-11-22(31)26-16-21(29-12-2-3-13-29)18-5-4-6-19(25)15-18/h4-10,15,21H,2-3,11-14,16H2,1H3,(H,26,31)(H,28,33). The summed E-state index contributed by atoms with van der Waals surface area (Å²) in [5.74, 6) is 1.44. The van der Waals surface area contributed by atoms with Crippen molar-refractivity contribution in [3.05, 3.63) is 63.9 Å². The monoisotopic (exact) mass is 485 g/mol. The molecule has 1 aliphatic rings. The summed E-state index contributed by atoms with van der Waals surface area (Å²) in [6.07, 6.45) is 2.66. The number of nitrogens with zero attached hydrogens (tertiary/aromatic N) is 3. The summed E-state index contributed by atoms with van der Waals surface area (Å²) >= 11 is 11.6. The van der Waals surface area contributed by atoms with E-state index in [0.29, 0.717) is 35.1 Å². The number of rotatable bonds is 9. The average Bonchev–Trinajstić information content (AvgIpc) is 3.48. The molecule has 2 aromatic carbocycles. The van der Waals surface area contributed by atoms with Crippen LogP contribution >= 0.6 is 23.8 Å². The number of carbonyl (C=O) groups excluding carboxylic acids is 1. The van der Waals surface area contributed by atoms with Crippen molar-refractivity contribution in [1.82, 2.24) is 25.0 Å². The molecule has 0 saturated carbocycles. The number of aromatic nitrogens is 3. The molecule has 1 fully saturated rings. The lowest BCUT2D eigenvalue weighted by molar-refractivity contribution is -0.121. The van der Waals surface area contributed by atoms with E-state index in [0.717, 1.165) is 30.0 Å². The highest BCUT2D eigenvalue weighted by Gasteiger charge is 2.24. The fourth-order valence-electron chi connectivity index (χ4n) is 4.22. The summed E-state index contributed by atoms with van der Waals surface area (Å²) < 4.78 is 7.56. The van der Waals surface area contributed by atoms with Crippen molar-refractivity contribution >= 4 is 29.7 Å². The molecule has 174 valence electrons. The lowest BCUT2D eigenvalue weighted by atomic mass is 10.1. The number of aromatic amines is 1. The second kappa shape index (κ2) is 11.0. The second-order valence-corrected chi connectivity index (χ2v) is 8.92. The lowest BCUT2D eigenvalue weighted by Gasteiger charge is -2.28. The van der Waals surface area contributed by atoms with Crippen LogP contribution in [0.25, 0.3) is 11.4 Å². The summed E-state index contributed by atoms with van der Waals surface area (Å²) in [7, 11) is 1.63. The summed E-state index contributed by atoms with van der Waals surface area (Å²) in [4.78, 5) is 15.2. The maximum atomic E-state index is 12.7. The molecule has 0 spiro atoms. The van der Waals surface area contributed by atoms with Crippen LogP contribution in [0.3, 0.4) is 0 Å². The molecular weight excluding hydrogens is 458 g/mol. The lowest BCUT2D eigenvalue weighted by Crippen LogP contribution is -2.37. The first-order valence-corrected chi connectivity index (χ1v) is 11.9. The van der Waals surface area contributed by atoms with Crippen molar-refractivity contribution in [2.24, 2.45) is 0 Å². The number of hydrogen-bond donors (Lipinski definition) is 2. The van der Waals surface area contributed by atoms with E-state index < -0.39 is 0 Å². The first-order chi connectivity index (χ1) is 16.0. The molecule has 1 amide bonds. The van der Waals surface area contributed by atoms with Crippen LogP contribution in [0, 0.1) is 4.77 Å². The minimum Gasteiger partial charge on any atom is -0.497 e. The normalized spacial score (nSPS) is 14.8. The number of nitrogens with one attached hydrogen (secondary N) is 2. The number of methoxy groups -OCH3 is 1. The third-order valence-electron chi connectivity index (χ3n) is 5.98. The van der Waals surface area contributed by atoms with Gasteiger partial charge in [0.1, 0.15) is 5.75 Å². The Labute approximate surface area is 203 Å². The molecule has 0 radical (unpaired) electrons. The zero-order valence-electron chi connectivity index (χ0n) is 18.6. The summed E-state index contributed by atoms with van der Waals surface area (Å²) in [6.45, 7) is 3.04. The first-order valence-electron chi connectivity index (χ1n) is 11.1. The topological polar surface area (TPSA) is 75.2 Å². The average molecular weight is 486 g/mol. The van der Waals surface area contributed by atoms with Crippen molar-refractivity contribution in [3.63, 3.8) is 0 Å². The van der Waals surface area contributed by atoms with Gasteiger partial charge in [-0.25, -0.2) is 0 Å². The van der Waals surface area contributed by atoms with Crippen LogP contribution in [0.1, 0.15) is 30.9 Å². The van der Waals surface area contributed by atoms with E-state index in [2.05, 4.69) is 26.5 Å². The number of halogens is 1. The number of carbonyl (C=O) groups is 1. The molecule has 3 aromatic rings. The maximum absolute atomic E-state index is 12.7. The molecule has 1 unspecified atom stereocenters. The van der Waals surface area contributed by atoms with E-state index in [-0.39, 0.29) is 11.9 Å². The zero-order valence-corrected chi connectivity index (χ0v) is 20.2. The minimum absolute atomic E-state index is 0.0231. The molecular formula is C24H28ClN5O2S. The smallest absolute Gasteiger partial charge is 0.221 e. The fourth-order valence-corrected chi connectivity index (χ4v) is 4.64. The minimum atomic E-state index is -0.0231. The van der Waals surface area contributed by atoms with E-state index in [9.17, 15) is 4.79 Å². The van der Waals surface area contributed by atoms with Crippen LogP contribution < -0.4 is 10.1 Å². The Bertz CT molecular complexity index is 1140. The van der Waals surface area contributed by atoms with Gasteiger partial charge < -0.3 is 10.1 Å². The van der Waals surface area contributed by atoms with Crippen LogP contribution in [0.2, 0.25) is 5.02 Å². The van der Waals surface area contributed by atoms with E-state index in [4.69, 9.17) is 28.6 Å². The van der Waals surface area contributed by atoms with Crippen LogP contribution in [0.4, 0.5) is 0 Å². The van der Waals surface area contributed by atoms with E-state index in [1.165, 1.54) is 12.8 Å². The van der Waals surface area contributed by atoms with Gasteiger partial charge in [0, 0.05) is 30.1 Å². The third kappa shape index (κ3) is 5.82. The molecule has 4 rings (SSSR count). The number of hydrogen-bond acceptors (Lipinski definition) is 5. The predicted molar refractivity (Wildman–Crippen MR) is 132 cm³/mol. The largest absolute Gasteiger partial charge is 0.497 e. The van der Waals surface area contributed by atoms with E-state index in [1.807, 2.05) is 47.0 Å². The highest BCUT2D eigenvalue weighted by Crippen LogP contribution is 2.26. The number of H-pyrrole nitrogens is 1. The van der Waals surface area contributed by atoms with Crippen LogP contribution in [-0.4, -0.2) is 52.3 Å². The summed E-state index contributed by atoms with van der Waals surface area (Å²) in [5.41, 5.74) is 2.03. The van der Waals surface area contributed by atoms with Crippen molar-refractivity contribution in [3.8, 4) is 17.1 Å². The fraction of sp³-hybridized carbons (Fsp3) is 0.375. The van der Waals surface area contributed by atoms with Gasteiger partial charge in [0.2, 0.25) is 5.91 Å². The van der Waals surface area contributed by atoms with Crippen LogP contribution in [0.5, 0.6) is 5.75 Å². The second-order valence-electron chi connectivity index (χ2n) is 8.10. The van der Waals surface area contributed by atoms with Gasteiger partial charge in [0.15, 0.2) is 10.6 Å². The number of ether oxygens (including phenoxy) is 1. The summed E-state index contributed by atoms with van der Waals surface area (Å²) in [6, 6.07) is 15.6. The molecule has 7 nitrogen and oxygen atoms in total. The van der Waals surface area contributed by atoms with Gasteiger partial charge in [-0.3, -0.25) is 19.4 Å². The van der Waals surface area contributed by atoms with Gasteiger partial charge in [-0.1, -0.05) is 23.7 Å². The Morgan fingerprint density at radius 2 is 2.00 bits per heavy atom. The first kappa shape index (κ1) is 23.5. The SMILES string of the molecule is COc1ccc(-c2n[nH]c(=S)n2CCC(=O)NCC(c2cccc(Cl)c2)N2CCCC2)cc1. The highest BCUT2D eigenvalue weighted by atomic mass is 35.5. The predicted octanol–water partition coefficient (Wildman–Crippen LogP) is 4.61. The van der Waals surface area contributed by atoms with Gasteiger partial charge >= 0.3 is 0 Å². The molecule has 1 saturated heterocycles. The highest BCUT2D eigenvalue weighted by molar-refractivity contribution is 7.71. The molecule has 1 aliphatic heterocycles. The molecule has 2 heterocycles. The van der Waals surface area contributed by atoms with E-state index in [1.54, 1.807) is 7.11 Å². The van der Waals surface area contributed by atoms with Crippen molar-refractivity contribution in [2.45, 2.75) is 31.8 Å². The quantitative estimate of drug-likeness (QED) is 0.433. The Hall–Kier alpha value is -2.68. The molecule has 1 aromatic heterocycles. The van der Waals surface area contributed by atoms with Gasteiger partial charge in [-0.2, -0.15) is 5.10 Å².